The molecule has 2 aliphatic rings. The fourth-order valence-electron chi connectivity index (χ4n) is 4.25. The minimum absolute atomic E-state index is 0.226. The fourth-order valence-corrected chi connectivity index (χ4v) is 5.33. The van der Waals surface area contributed by atoms with Gasteiger partial charge in [-0.15, -0.1) is 0 Å². The number of piperidine rings is 1. The molecule has 0 radical (unpaired) electrons. The van der Waals surface area contributed by atoms with Gasteiger partial charge in [-0.2, -0.15) is 0 Å². The van der Waals surface area contributed by atoms with Gasteiger partial charge in [0, 0.05) is 31.9 Å². The van der Waals surface area contributed by atoms with Crippen molar-refractivity contribution in [3.05, 3.63) is 65.5 Å². The Morgan fingerprint density at radius 2 is 1.81 bits per heavy atom. The lowest BCUT2D eigenvalue weighted by atomic mass is 10.0. The van der Waals surface area contributed by atoms with E-state index in [4.69, 9.17) is 9.73 Å². The Morgan fingerprint density at radius 3 is 2.58 bits per heavy atom. The van der Waals surface area contributed by atoms with E-state index >= 15 is 0 Å². The van der Waals surface area contributed by atoms with Crippen molar-refractivity contribution in [2.75, 3.05) is 33.3 Å². The van der Waals surface area contributed by atoms with Gasteiger partial charge < -0.3 is 14.5 Å². The standard InChI is InChI=1S/C25H32FN3OS/c1-28(25-27-18-20-6-2-3-7-21(20)19-31-25)23-12-15-29(16-13-23)14-4-5-17-30-24-10-8-22(26)9-11-24/h2-3,6-11,23H,4-5,12-19H2,1H3. The van der Waals surface area contributed by atoms with Crippen LogP contribution < -0.4 is 4.74 Å². The first kappa shape index (κ1) is 22.2. The van der Waals surface area contributed by atoms with Gasteiger partial charge in [0.15, 0.2) is 5.17 Å². The largest absolute Gasteiger partial charge is 0.494 e. The Bertz CT molecular complexity index is 865. The van der Waals surface area contributed by atoms with Crippen LogP contribution in [0.5, 0.6) is 5.75 Å². The summed E-state index contributed by atoms with van der Waals surface area (Å²) < 4.78 is 18.6. The van der Waals surface area contributed by atoms with Crippen LogP contribution in [0.15, 0.2) is 53.5 Å². The van der Waals surface area contributed by atoms with Crippen LogP contribution in [0.1, 0.15) is 36.8 Å². The van der Waals surface area contributed by atoms with E-state index < -0.39 is 0 Å². The number of ether oxygens (including phenoxy) is 1. The first-order valence-electron chi connectivity index (χ1n) is 11.3. The number of aliphatic imine (C=N–C) groups is 1. The van der Waals surface area contributed by atoms with Crippen molar-refractivity contribution in [3.63, 3.8) is 0 Å². The van der Waals surface area contributed by atoms with E-state index in [1.165, 1.54) is 41.3 Å². The number of likely N-dealkylation sites (tertiary alicyclic amines) is 1. The molecular formula is C25H32FN3OS. The molecule has 1 fully saturated rings. The molecule has 0 aliphatic carbocycles. The van der Waals surface area contributed by atoms with Crippen molar-refractivity contribution in [1.29, 1.82) is 0 Å². The van der Waals surface area contributed by atoms with Gasteiger partial charge in [0.05, 0.1) is 13.2 Å². The third kappa shape index (κ3) is 6.23. The molecule has 31 heavy (non-hydrogen) atoms. The third-order valence-electron chi connectivity index (χ3n) is 6.22. The predicted octanol–water partition coefficient (Wildman–Crippen LogP) is 5.18. The predicted molar refractivity (Wildman–Crippen MR) is 127 cm³/mol. The summed E-state index contributed by atoms with van der Waals surface area (Å²) in [4.78, 5) is 9.91. The zero-order valence-electron chi connectivity index (χ0n) is 18.3. The molecule has 4 rings (SSSR count). The SMILES string of the molecule is CN(C1=NCc2ccccc2CS1)C1CCN(CCCCOc2ccc(F)cc2)CC1. The van der Waals surface area contributed by atoms with Gasteiger partial charge in [0.1, 0.15) is 11.6 Å². The number of nitrogens with zero attached hydrogens (tertiary/aromatic N) is 3. The highest BCUT2D eigenvalue weighted by atomic mass is 32.2. The van der Waals surface area contributed by atoms with Gasteiger partial charge >= 0.3 is 0 Å². The Labute approximate surface area is 189 Å². The van der Waals surface area contributed by atoms with Crippen LogP contribution in [0, 0.1) is 5.82 Å². The Balaban J connectivity index is 1.14. The number of benzene rings is 2. The molecule has 0 bridgehead atoms. The van der Waals surface area contributed by atoms with E-state index in [9.17, 15) is 4.39 Å². The van der Waals surface area contributed by atoms with Crippen molar-refractivity contribution in [2.45, 2.75) is 44.0 Å². The maximum absolute atomic E-state index is 12.9. The molecule has 2 heterocycles. The van der Waals surface area contributed by atoms with E-state index in [-0.39, 0.29) is 5.82 Å². The quantitative estimate of drug-likeness (QED) is 0.553. The van der Waals surface area contributed by atoms with Crippen LogP contribution in [0.25, 0.3) is 0 Å². The van der Waals surface area contributed by atoms with Crippen LogP contribution in [0.4, 0.5) is 4.39 Å². The molecule has 2 aromatic carbocycles. The molecule has 2 aromatic rings. The van der Waals surface area contributed by atoms with Crippen LogP contribution >= 0.6 is 11.8 Å². The van der Waals surface area contributed by atoms with Crippen molar-refractivity contribution in [2.24, 2.45) is 4.99 Å². The number of hydrogen-bond acceptors (Lipinski definition) is 5. The summed E-state index contributed by atoms with van der Waals surface area (Å²) in [6.07, 6.45) is 4.53. The van der Waals surface area contributed by atoms with Crippen LogP contribution in [-0.2, 0) is 12.3 Å². The first-order chi connectivity index (χ1) is 15.2. The maximum Gasteiger partial charge on any atom is 0.159 e. The van der Waals surface area contributed by atoms with Crippen molar-refractivity contribution in [1.82, 2.24) is 9.80 Å². The summed E-state index contributed by atoms with van der Waals surface area (Å²) in [5.41, 5.74) is 2.77. The molecule has 0 atom stereocenters. The highest BCUT2D eigenvalue weighted by Crippen LogP contribution is 2.27. The number of fused-ring (bicyclic) bond motifs is 1. The molecule has 6 heteroatoms. The van der Waals surface area contributed by atoms with Crippen molar-refractivity contribution in [3.8, 4) is 5.75 Å². The van der Waals surface area contributed by atoms with E-state index in [0.717, 1.165) is 50.5 Å². The Morgan fingerprint density at radius 1 is 1.06 bits per heavy atom. The number of amidine groups is 1. The third-order valence-corrected chi connectivity index (χ3v) is 7.35. The molecule has 0 spiro atoms. The van der Waals surface area contributed by atoms with E-state index in [1.807, 2.05) is 11.8 Å². The second kappa shape index (κ2) is 11.0. The van der Waals surface area contributed by atoms with Crippen LogP contribution in [0.2, 0.25) is 0 Å². The summed E-state index contributed by atoms with van der Waals surface area (Å²) in [6.45, 7) is 4.89. The molecule has 0 aromatic heterocycles. The van der Waals surface area contributed by atoms with E-state index in [0.29, 0.717) is 12.6 Å². The van der Waals surface area contributed by atoms with E-state index in [1.54, 1.807) is 12.1 Å². The van der Waals surface area contributed by atoms with E-state index in [2.05, 4.69) is 41.1 Å². The second-order valence-electron chi connectivity index (χ2n) is 8.35. The van der Waals surface area contributed by atoms with Crippen molar-refractivity contribution < 1.29 is 9.13 Å². The van der Waals surface area contributed by atoms with Gasteiger partial charge in [-0.05, 0) is 67.6 Å². The summed E-state index contributed by atoms with van der Waals surface area (Å²) in [7, 11) is 2.22. The zero-order chi connectivity index (χ0) is 21.5. The minimum atomic E-state index is -0.226. The summed E-state index contributed by atoms with van der Waals surface area (Å²) in [6, 6.07) is 15.5. The number of thioether (sulfide) groups is 1. The average Bonchev–Trinajstić information content (AvgIpc) is 3.03. The Kier molecular flexibility index (Phi) is 7.86. The number of unbranched alkanes of at least 4 members (excludes halogenated alkanes) is 1. The summed E-state index contributed by atoms with van der Waals surface area (Å²) in [5, 5.41) is 1.19. The van der Waals surface area contributed by atoms with Crippen molar-refractivity contribution >= 4 is 16.9 Å². The molecule has 166 valence electrons. The van der Waals surface area contributed by atoms with Gasteiger partial charge in [0.25, 0.3) is 0 Å². The minimum Gasteiger partial charge on any atom is -0.494 e. The van der Waals surface area contributed by atoms with Gasteiger partial charge in [0.2, 0.25) is 0 Å². The van der Waals surface area contributed by atoms with Gasteiger partial charge in [-0.3, -0.25) is 4.99 Å². The fraction of sp³-hybridized carbons (Fsp3) is 0.480. The zero-order valence-corrected chi connectivity index (χ0v) is 19.1. The molecule has 2 aliphatic heterocycles. The van der Waals surface area contributed by atoms with Gasteiger partial charge in [-0.25, -0.2) is 4.39 Å². The topological polar surface area (TPSA) is 28.1 Å². The molecule has 0 unspecified atom stereocenters. The lowest BCUT2D eigenvalue weighted by Crippen LogP contribution is -2.45. The highest BCUT2D eigenvalue weighted by molar-refractivity contribution is 8.13. The summed E-state index contributed by atoms with van der Waals surface area (Å²) in [5.74, 6) is 1.53. The van der Waals surface area contributed by atoms with Crippen LogP contribution in [-0.4, -0.2) is 54.3 Å². The highest BCUT2D eigenvalue weighted by Gasteiger charge is 2.25. The monoisotopic (exact) mass is 441 g/mol. The maximum atomic E-state index is 12.9. The number of halogens is 1. The molecule has 0 N–H and O–H groups in total. The molecular weight excluding hydrogens is 409 g/mol. The van der Waals surface area contributed by atoms with Crippen LogP contribution in [0.3, 0.4) is 0 Å². The molecule has 0 amide bonds. The molecule has 1 saturated heterocycles. The molecule has 4 nitrogen and oxygen atoms in total. The average molecular weight is 442 g/mol. The lowest BCUT2D eigenvalue weighted by molar-refractivity contribution is 0.162. The Hall–Kier alpha value is -2.05. The smallest absolute Gasteiger partial charge is 0.159 e. The first-order valence-corrected chi connectivity index (χ1v) is 12.3. The normalized spacial score (nSPS) is 17.5. The number of rotatable bonds is 7. The lowest BCUT2D eigenvalue weighted by Gasteiger charge is -2.37. The summed E-state index contributed by atoms with van der Waals surface area (Å²) >= 11 is 1.88. The molecule has 0 saturated carbocycles. The second-order valence-corrected chi connectivity index (χ2v) is 9.29. The van der Waals surface area contributed by atoms with Gasteiger partial charge in [-0.1, -0.05) is 36.0 Å². The number of hydrogen-bond donors (Lipinski definition) is 0.